The van der Waals surface area contributed by atoms with Gasteiger partial charge in [0.25, 0.3) is 5.69 Å². The molecule has 108 valence electrons. The minimum absolute atomic E-state index is 0.0468. The van der Waals surface area contributed by atoms with E-state index in [-0.39, 0.29) is 5.69 Å². The molecule has 0 saturated heterocycles. The molecule has 0 unspecified atom stereocenters. The standard InChI is InChI=1S/C15H11N5O2/c21-20(22)12-7-5-11(6-8-12)9-17-19-15-10-16-13-3-1-2-4-14(13)18-15/h1-10H,(H,18,19)/b17-9+. The fourth-order valence-corrected chi connectivity index (χ4v) is 1.87. The summed E-state index contributed by atoms with van der Waals surface area (Å²) < 4.78 is 0. The van der Waals surface area contributed by atoms with Crippen LogP contribution in [0.4, 0.5) is 11.5 Å². The van der Waals surface area contributed by atoms with E-state index in [0.717, 1.165) is 16.6 Å². The van der Waals surface area contributed by atoms with Crippen molar-refractivity contribution < 1.29 is 4.92 Å². The number of hydrogen-bond donors (Lipinski definition) is 1. The van der Waals surface area contributed by atoms with Crippen LogP contribution in [0.3, 0.4) is 0 Å². The summed E-state index contributed by atoms with van der Waals surface area (Å²) in [5.41, 5.74) is 5.16. The Kier molecular flexibility index (Phi) is 3.69. The van der Waals surface area contributed by atoms with Crippen LogP contribution in [0.2, 0.25) is 0 Å². The van der Waals surface area contributed by atoms with Crippen molar-refractivity contribution in [3.63, 3.8) is 0 Å². The Morgan fingerprint density at radius 3 is 2.55 bits per heavy atom. The number of nitrogens with zero attached hydrogens (tertiary/aromatic N) is 4. The topological polar surface area (TPSA) is 93.3 Å². The quantitative estimate of drug-likeness (QED) is 0.453. The van der Waals surface area contributed by atoms with Gasteiger partial charge in [-0.3, -0.25) is 20.5 Å². The molecule has 0 aliphatic heterocycles. The number of anilines is 1. The first-order valence-electron chi connectivity index (χ1n) is 6.48. The summed E-state index contributed by atoms with van der Waals surface area (Å²) in [6.45, 7) is 0. The highest BCUT2D eigenvalue weighted by Gasteiger charge is 2.02. The third-order valence-electron chi connectivity index (χ3n) is 2.95. The molecule has 0 bridgehead atoms. The summed E-state index contributed by atoms with van der Waals surface area (Å²) in [7, 11) is 0. The van der Waals surface area contributed by atoms with Crippen molar-refractivity contribution in [2.24, 2.45) is 5.10 Å². The summed E-state index contributed by atoms with van der Waals surface area (Å²) in [4.78, 5) is 18.8. The second-order valence-electron chi connectivity index (χ2n) is 4.46. The van der Waals surface area contributed by atoms with Crippen molar-refractivity contribution in [2.75, 3.05) is 5.43 Å². The number of rotatable bonds is 4. The molecule has 0 aliphatic carbocycles. The van der Waals surface area contributed by atoms with Crippen LogP contribution >= 0.6 is 0 Å². The molecule has 2 aromatic carbocycles. The first-order chi connectivity index (χ1) is 10.7. The van der Waals surface area contributed by atoms with Gasteiger partial charge in [-0.15, -0.1) is 0 Å². The maximum atomic E-state index is 10.6. The molecular formula is C15H11N5O2. The smallest absolute Gasteiger partial charge is 0.260 e. The van der Waals surface area contributed by atoms with Gasteiger partial charge in [-0.25, -0.2) is 4.98 Å². The molecule has 0 aliphatic rings. The molecule has 0 fully saturated rings. The van der Waals surface area contributed by atoms with E-state index in [1.54, 1.807) is 24.5 Å². The predicted molar refractivity (Wildman–Crippen MR) is 83.9 cm³/mol. The van der Waals surface area contributed by atoms with Gasteiger partial charge < -0.3 is 0 Å². The van der Waals surface area contributed by atoms with Crippen LogP contribution in [0.1, 0.15) is 5.56 Å². The highest BCUT2D eigenvalue weighted by Crippen LogP contribution is 2.12. The Hall–Kier alpha value is -3.35. The maximum Gasteiger partial charge on any atom is 0.269 e. The fourth-order valence-electron chi connectivity index (χ4n) is 1.87. The largest absolute Gasteiger partial charge is 0.269 e. The molecule has 0 radical (unpaired) electrons. The van der Waals surface area contributed by atoms with Crippen LogP contribution in [0.15, 0.2) is 59.8 Å². The number of non-ortho nitro benzene ring substituents is 1. The number of nitro groups is 1. The van der Waals surface area contributed by atoms with Gasteiger partial charge in [0.2, 0.25) is 0 Å². The van der Waals surface area contributed by atoms with Crippen molar-refractivity contribution in [3.8, 4) is 0 Å². The third-order valence-corrected chi connectivity index (χ3v) is 2.95. The lowest BCUT2D eigenvalue weighted by molar-refractivity contribution is -0.384. The van der Waals surface area contributed by atoms with E-state index in [1.807, 2.05) is 24.3 Å². The van der Waals surface area contributed by atoms with Crippen molar-refractivity contribution >= 4 is 28.8 Å². The first kappa shape index (κ1) is 13.6. The number of benzene rings is 2. The average Bonchev–Trinajstić information content (AvgIpc) is 2.55. The van der Waals surface area contributed by atoms with Gasteiger partial charge in [0.05, 0.1) is 28.4 Å². The Bertz CT molecular complexity index is 846. The maximum absolute atomic E-state index is 10.6. The van der Waals surface area contributed by atoms with E-state index in [0.29, 0.717) is 5.82 Å². The van der Waals surface area contributed by atoms with E-state index in [9.17, 15) is 10.1 Å². The number of aromatic nitrogens is 2. The van der Waals surface area contributed by atoms with Crippen LogP contribution in [0.25, 0.3) is 11.0 Å². The second-order valence-corrected chi connectivity index (χ2v) is 4.46. The van der Waals surface area contributed by atoms with Crippen LogP contribution in [-0.4, -0.2) is 21.1 Å². The third kappa shape index (κ3) is 3.04. The van der Waals surface area contributed by atoms with Gasteiger partial charge >= 0.3 is 0 Å². The number of fused-ring (bicyclic) bond motifs is 1. The first-order valence-corrected chi connectivity index (χ1v) is 6.48. The molecule has 0 atom stereocenters. The van der Waals surface area contributed by atoms with Gasteiger partial charge in [-0.05, 0) is 29.8 Å². The van der Waals surface area contributed by atoms with Crippen LogP contribution < -0.4 is 5.43 Å². The lowest BCUT2D eigenvalue weighted by Gasteiger charge is -2.00. The van der Waals surface area contributed by atoms with E-state index >= 15 is 0 Å². The zero-order valence-corrected chi connectivity index (χ0v) is 11.4. The molecule has 1 N–H and O–H groups in total. The predicted octanol–water partition coefficient (Wildman–Crippen LogP) is 2.98. The van der Waals surface area contributed by atoms with Crippen LogP contribution in [0.5, 0.6) is 0 Å². The molecule has 0 amide bonds. The van der Waals surface area contributed by atoms with Gasteiger partial charge in [0.1, 0.15) is 0 Å². The highest BCUT2D eigenvalue weighted by molar-refractivity contribution is 5.80. The highest BCUT2D eigenvalue weighted by atomic mass is 16.6. The number of hydrogen-bond acceptors (Lipinski definition) is 6. The van der Waals surface area contributed by atoms with Crippen molar-refractivity contribution in [3.05, 3.63) is 70.4 Å². The molecule has 1 heterocycles. The van der Waals surface area contributed by atoms with E-state index < -0.39 is 4.92 Å². The molecular weight excluding hydrogens is 282 g/mol. The summed E-state index contributed by atoms with van der Waals surface area (Å²) in [5.74, 6) is 0.525. The van der Waals surface area contributed by atoms with Gasteiger partial charge in [0.15, 0.2) is 5.82 Å². The normalized spacial score (nSPS) is 10.9. The summed E-state index contributed by atoms with van der Waals surface area (Å²) in [5, 5.41) is 14.6. The van der Waals surface area contributed by atoms with Gasteiger partial charge in [-0.2, -0.15) is 5.10 Å². The van der Waals surface area contributed by atoms with E-state index in [4.69, 9.17) is 0 Å². The number of nitro benzene ring substituents is 1. The summed E-state index contributed by atoms with van der Waals surface area (Å²) in [6.07, 6.45) is 3.15. The molecule has 7 nitrogen and oxygen atoms in total. The molecule has 3 rings (SSSR count). The number of para-hydroxylation sites is 2. The Balaban J connectivity index is 1.71. The average molecular weight is 293 g/mol. The zero-order chi connectivity index (χ0) is 15.4. The van der Waals surface area contributed by atoms with Crippen LogP contribution in [-0.2, 0) is 0 Å². The number of hydrazone groups is 1. The van der Waals surface area contributed by atoms with E-state index in [1.165, 1.54) is 12.1 Å². The Labute approximate surface area is 125 Å². The Morgan fingerprint density at radius 2 is 1.82 bits per heavy atom. The molecule has 0 spiro atoms. The van der Waals surface area contributed by atoms with Gasteiger partial charge in [0, 0.05) is 12.1 Å². The molecule has 7 heteroatoms. The zero-order valence-electron chi connectivity index (χ0n) is 11.4. The van der Waals surface area contributed by atoms with Gasteiger partial charge in [-0.1, -0.05) is 12.1 Å². The number of nitrogens with one attached hydrogen (secondary N) is 1. The summed E-state index contributed by atoms with van der Waals surface area (Å²) >= 11 is 0. The molecule has 3 aromatic rings. The Morgan fingerprint density at radius 1 is 1.09 bits per heavy atom. The van der Waals surface area contributed by atoms with Crippen molar-refractivity contribution in [1.29, 1.82) is 0 Å². The molecule has 22 heavy (non-hydrogen) atoms. The second kappa shape index (κ2) is 5.96. The minimum Gasteiger partial charge on any atom is -0.260 e. The monoisotopic (exact) mass is 293 g/mol. The van der Waals surface area contributed by atoms with Crippen molar-refractivity contribution in [1.82, 2.24) is 9.97 Å². The lowest BCUT2D eigenvalue weighted by Crippen LogP contribution is -1.95. The molecule has 0 saturated carbocycles. The minimum atomic E-state index is -0.441. The molecule has 1 aromatic heterocycles. The fraction of sp³-hybridized carbons (Fsp3) is 0. The van der Waals surface area contributed by atoms with Crippen molar-refractivity contribution in [2.45, 2.75) is 0 Å². The van der Waals surface area contributed by atoms with Crippen LogP contribution in [0, 0.1) is 10.1 Å². The van der Waals surface area contributed by atoms with E-state index in [2.05, 4.69) is 20.5 Å². The SMILES string of the molecule is O=[N+]([O-])c1ccc(/C=N/Nc2cnc3ccccc3n2)cc1. The lowest BCUT2D eigenvalue weighted by atomic mass is 10.2. The summed E-state index contributed by atoms with van der Waals surface area (Å²) in [6, 6.07) is 13.6.